The number of phenols is 1. The zero-order valence-corrected chi connectivity index (χ0v) is 7.77. The van der Waals surface area contributed by atoms with E-state index in [-0.39, 0.29) is 12.4 Å². The molecule has 0 saturated heterocycles. The molecule has 6 heteroatoms. The molecule has 0 bridgehead atoms. The maximum Gasteiger partial charge on any atom is 0.274 e. The number of nitrogens with two attached hydrogens (primary N) is 1. The van der Waals surface area contributed by atoms with Crippen molar-refractivity contribution in [1.82, 2.24) is 5.48 Å². The predicted octanol–water partition coefficient (Wildman–Crippen LogP) is -0.461. The van der Waals surface area contributed by atoms with Gasteiger partial charge < -0.3 is 10.8 Å². The van der Waals surface area contributed by atoms with Crippen molar-refractivity contribution < 1.29 is 19.5 Å². The first-order chi connectivity index (χ1) is 7.09. The van der Waals surface area contributed by atoms with Crippen LogP contribution in [0.4, 0.5) is 0 Å². The maximum atomic E-state index is 11.3. The van der Waals surface area contributed by atoms with E-state index in [1.54, 1.807) is 0 Å². The van der Waals surface area contributed by atoms with Crippen LogP contribution in [0.3, 0.4) is 0 Å². The van der Waals surface area contributed by atoms with Gasteiger partial charge in [0.15, 0.2) is 6.61 Å². The van der Waals surface area contributed by atoms with Gasteiger partial charge in [0, 0.05) is 5.56 Å². The van der Waals surface area contributed by atoms with E-state index >= 15 is 0 Å². The molecular weight excluding hydrogens is 200 g/mol. The van der Waals surface area contributed by atoms with E-state index in [1.165, 1.54) is 24.3 Å². The van der Waals surface area contributed by atoms with Gasteiger partial charge in [-0.05, 0) is 24.3 Å². The Hall–Kier alpha value is -2.08. The molecule has 6 nitrogen and oxygen atoms in total. The van der Waals surface area contributed by atoms with Crippen LogP contribution in [-0.4, -0.2) is 23.5 Å². The van der Waals surface area contributed by atoms with E-state index < -0.39 is 11.8 Å². The molecule has 1 rings (SSSR count). The minimum atomic E-state index is -0.680. The summed E-state index contributed by atoms with van der Waals surface area (Å²) in [5.74, 6) is -1.14. The summed E-state index contributed by atoms with van der Waals surface area (Å²) in [5, 5.41) is 8.96. The highest BCUT2D eigenvalue weighted by atomic mass is 16.7. The Morgan fingerprint density at radius 3 is 2.47 bits per heavy atom. The molecule has 15 heavy (non-hydrogen) atoms. The molecule has 0 fully saturated rings. The summed E-state index contributed by atoms with van der Waals surface area (Å²) in [6.07, 6.45) is 0. The highest BCUT2D eigenvalue weighted by Crippen LogP contribution is 2.09. The lowest BCUT2D eigenvalue weighted by atomic mass is 10.2. The summed E-state index contributed by atoms with van der Waals surface area (Å²) in [7, 11) is 0. The van der Waals surface area contributed by atoms with Crippen molar-refractivity contribution >= 4 is 11.8 Å². The number of rotatable bonds is 4. The second-order valence-electron chi connectivity index (χ2n) is 2.73. The Morgan fingerprint density at radius 2 is 1.93 bits per heavy atom. The predicted molar refractivity (Wildman–Crippen MR) is 50.7 cm³/mol. The fourth-order valence-electron chi connectivity index (χ4n) is 0.844. The largest absolute Gasteiger partial charge is 0.508 e. The third-order valence-corrected chi connectivity index (χ3v) is 1.51. The van der Waals surface area contributed by atoms with Gasteiger partial charge in [-0.1, -0.05) is 0 Å². The molecule has 0 aliphatic heterocycles. The number of hydrogen-bond acceptors (Lipinski definition) is 4. The number of aromatic hydroxyl groups is 1. The fourth-order valence-corrected chi connectivity index (χ4v) is 0.844. The summed E-state index contributed by atoms with van der Waals surface area (Å²) in [6, 6.07) is 5.56. The van der Waals surface area contributed by atoms with Crippen molar-refractivity contribution in [1.29, 1.82) is 0 Å². The number of primary amides is 1. The molecule has 0 aromatic heterocycles. The third kappa shape index (κ3) is 3.65. The Labute approximate surface area is 85.6 Å². The lowest BCUT2D eigenvalue weighted by molar-refractivity contribution is -0.124. The summed E-state index contributed by atoms with van der Waals surface area (Å²) in [4.78, 5) is 26.0. The molecule has 0 heterocycles. The van der Waals surface area contributed by atoms with Gasteiger partial charge in [0.2, 0.25) is 5.91 Å². The fraction of sp³-hybridized carbons (Fsp3) is 0.111. The van der Waals surface area contributed by atoms with Crippen LogP contribution < -0.4 is 11.2 Å². The molecule has 0 atom stereocenters. The average molecular weight is 210 g/mol. The van der Waals surface area contributed by atoms with E-state index in [0.717, 1.165) is 0 Å². The standard InChI is InChI=1S/C9H10N2O4/c10-8(13)5-15-11-9(14)6-1-3-7(12)4-2-6/h1-4,12H,5H2,(H2,10,13)(H,11,14). The van der Waals surface area contributed by atoms with Crippen molar-refractivity contribution in [2.24, 2.45) is 5.73 Å². The van der Waals surface area contributed by atoms with Gasteiger partial charge in [-0.15, -0.1) is 0 Å². The summed E-state index contributed by atoms with van der Waals surface area (Å²) in [6.45, 7) is -0.385. The van der Waals surface area contributed by atoms with Crippen LogP contribution in [0.2, 0.25) is 0 Å². The number of carbonyl (C=O) groups is 2. The molecule has 0 spiro atoms. The van der Waals surface area contributed by atoms with Crippen molar-refractivity contribution in [3.8, 4) is 5.75 Å². The highest BCUT2D eigenvalue weighted by Gasteiger charge is 2.05. The summed E-state index contributed by atoms with van der Waals surface area (Å²) in [5.41, 5.74) is 7.12. The SMILES string of the molecule is NC(=O)CONC(=O)c1ccc(O)cc1. The Bertz CT molecular complexity index is 361. The topological polar surface area (TPSA) is 102 Å². The number of hydrogen-bond donors (Lipinski definition) is 3. The van der Waals surface area contributed by atoms with Crippen LogP contribution in [0.15, 0.2) is 24.3 Å². The van der Waals surface area contributed by atoms with Gasteiger partial charge in [-0.3, -0.25) is 14.4 Å². The van der Waals surface area contributed by atoms with Crippen LogP contribution in [0.1, 0.15) is 10.4 Å². The molecule has 80 valence electrons. The summed E-state index contributed by atoms with van der Waals surface area (Å²) >= 11 is 0. The molecule has 2 amide bonds. The first-order valence-corrected chi connectivity index (χ1v) is 4.09. The molecule has 0 saturated carbocycles. The minimum Gasteiger partial charge on any atom is -0.508 e. The first kappa shape index (κ1) is 11.0. The molecule has 0 aliphatic rings. The molecule has 0 radical (unpaired) electrons. The number of benzene rings is 1. The van der Waals surface area contributed by atoms with Gasteiger partial charge in [0.05, 0.1) is 0 Å². The van der Waals surface area contributed by atoms with Gasteiger partial charge in [0.25, 0.3) is 5.91 Å². The number of carbonyl (C=O) groups excluding carboxylic acids is 2. The average Bonchev–Trinajstić information content (AvgIpc) is 2.18. The first-order valence-electron chi connectivity index (χ1n) is 4.09. The normalized spacial score (nSPS) is 9.60. The maximum absolute atomic E-state index is 11.3. The van der Waals surface area contributed by atoms with E-state index in [0.29, 0.717) is 5.56 Å². The molecule has 0 unspecified atom stereocenters. The zero-order valence-electron chi connectivity index (χ0n) is 7.77. The number of nitrogens with one attached hydrogen (secondary N) is 1. The van der Waals surface area contributed by atoms with Crippen LogP contribution in [-0.2, 0) is 9.63 Å². The number of hydroxylamine groups is 1. The van der Waals surface area contributed by atoms with Crippen LogP contribution in [0, 0.1) is 0 Å². The number of amides is 2. The van der Waals surface area contributed by atoms with Crippen LogP contribution in [0.5, 0.6) is 5.75 Å². The van der Waals surface area contributed by atoms with Crippen molar-refractivity contribution in [3.63, 3.8) is 0 Å². The Morgan fingerprint density at radius 1 is 1.33 bits per heavy atom. The Balaban J connectivity index is 2.47. The van der Waals surface area contributed by atoms with Crippen molar-refractivity contribution in [2.75, 3.05) is 6.61 Å². The minimum absolute atomic E-state index is 0.0598. The van der Waals surface area contributed by atoms with Crippen LogP contribution >= 0.6 is 0 Å². The monoisotopic (exact) mass is 210 g/mol. The highest BCUT2D eigenvalue weighted by molar-refractivity contribution is 5.93. The zero-order chi connectivity index (χ0) is 11.3. The molecule has 1 aromatic carbocycles. The summed E-state index contributed by atoms with van der Waals surface area (Å²) < 4.78 is 0. The molecule has 4 N–H and O–H groups in total. The molecular formula is C9H10N2O4. The van der Waals surface area contributed by atoms with Crippen molar-refractivity contribution in [2.45, 2.75) is 0 Å². The second-order valence-corrected chi connectivity index (χ2v) is 2.73. The van der Waals surface area contributed by atoms with E-state index in [4.69, 9.17) is 10.8 Å². The third-order valence-electron chi connectivity index (χ3n) is 1.51. The van der Waals surface area contributed by atoms with Crippen LogP contribution in [0.25, 0.3) is 0 Å². The van der Waals surface area contributed by atoms with Crippen molar-refractivity contribution in [3.05, 3.63) is 29.8 Å². The smallest absolute Gasteiger partial charge is 0.274 e. The second kappa shape index (κ2) is 4.97. The van der Waals surface area contributed by atoms with E-state index in [1.807, 2.05) is 5.48 Å². The molecule has 0 aliphatic carbocycles. The lowest BCUT2D eigenvalue weighted by Crippen LogP contribution is -2.29. The van der Waals surface area contributed by atoms with Gasteiger partial charge in [-0.2, -0.15) is 0 Å². The number of phenolic OH excluding ortho intramolecular Hbond substituents is 1. The van der Waals surface area contributed by atoms with Gasteiger partial charge in [-0.25, -0.2) is 5.48 Å². The van der Waals surface area contributed by atoms with Gasteiger partial charge in [0.1, 0.15) is 5.75 Å². The van der Waals surface area contributed by atoms with E-state index in [9.17, 15) is 9.59 Å². The Kier molecular flexibility index (Phi) is 3.64. The lowest BCUT2D eigenvalue weighted by Gasteiger charge is -2.03. The van der Waals surface area contributed by atoms with E-state index in [2.05, 4.69) is 4.84 Å². The quantitative estimate of drug-likeness (QED) is 0.585. The van der Waals surface area contributed by atoms with Gasteiger partial charge >= 0.3 is 0 Å². The molecule has 1 aromatic rings.